The van der Waals surface area contributed by atoms with E-state index in [9.17, 15) is 8.42 Å². The Kier molecular flexibility index (Phi) is 8.25. The predicted molar refractivity (Wildman–Crippen MR) is 130 cm³/mol. The lowest BCUT2D eigenvalue weighted by Crippen LogP contribution is -2.46. The van der Waals surface area contributed by atoms with Crippen LogP contribution in [0.3, 0.4) is 0 Å². The van der Waals surface area contributed by atoms with Crippen LogP contribution in [-0.4, -0.2) is 45.5 Å². The number of hydrogen-bond acceptors (Lipinski definition) is 6. The zero-order valence-electron chi connectivity index (χ0n) is 19.5. The number of benzene rings is 1. The maximum atomic E-state index is 12.6. The third-order valence-electron chi connectivity index (χ3n) is 7.00. The van der Waals surface area contributed by atoms with Gasteiger partial charge >= 0.3 is 0 Å². The van der Waals surface area contributed by atoms with Crippen LogP contribution in [0.15, 0.2) is 42.7 Å². The third-order valence-corrected chi connectivity index (χ3v) is 8.63. The molecule has 1 saturated heterocycles. The topological polar surface area (TPSA) is 77.5 Å². The van der Waals surface area contributed by atoms with E-state index in [0.717, 1.165) is 56.4 Å². The molecule has 2 aromatic rings. The molecule has 0 unspecified atom stereocenters. The number of pyridine rings is 1. The van der Waals surface area contributed by atoms with Crippen molar-refractivity contribution in [2.45, 2.75) is 56.7 Å². The molecular formula is C26H36N2O4S. The van der Waals surface area contributed by atoms with Crippen LogP contribution >= 0.6 is 0 Å². The minimum absolute atomic E-state index is 0.0851. The Balaban J connectivity index is 1.19. The van der Waals surface area contributed by atoms with Gasteiger partial charge in [-0.3, -0.25) is 4.98 Å². The molecule has 2 heterocycles. The third kappa shape index (κ3) is 7.44. The molecule has 0 radical (unpaired) electrons. The van der Waals surface area contributed by atoms with Crippen LogP contribution in [0.1, 0.15) is 49.7 Å². The number of aromatic nitrogens is 1. The summed E-state index contributed by atoms with van der Waals surface area (Å²) >= 11 is 0. The van der Waals surface area contributed by atoms with Gasteiger partial charge in [-0.2, -0.15) is 0 Å². The quantitative estimate of drug-likeness (QED) is 0.529. The molecule has 1 saturated carbocycles. The van der Waals surface area contributed by atoms with E-state index in [4.69, 9.17) is 9.47 Å². The first-order valence-corrected chi connectivity index (χ1v) is 13.9. The number of methoxy groups -OCH3 is 1. The van der Waals surface area contributed by atoms with Crippen molar-refractivity contribution in [2.24, 2.45) is 11.8 Å². The lowest BCUT2D eigenvalue weighted by molar-refractivity contribution is 0.216. The standard InChI is InChI=1S/C26H36N2O4S/c1-31-25-4-2-3-22(14-25)19-33(29,30)12-10-20-5-7-21(8-6-20)13-23-15-26(17-27-16-23)32-18-24-9-11-28-24/h2-4,14-17,20-21,24,28H,5-13,18-19H2,1H3/t20-,21+,24-/m0/s1. The van der Waals surface area contributed by atoms with Crippen molar-refractivity contribution in [2.75, 3.05) is 26.0 Å². The zero-order valence-corrected chi connectivity index (χ0v) is 20.4. The minimum Gasteiger partial charge on any atom is -0.497 e. The molecule has 2 fully saturated rings. The van der Waals surface area contributed by atoms with Crippen molar-refractivity contribution < 1.29 is 17.9 Å². The number of nitrogens with zero attached hydrogens (tertiary/aromatic N) is 1. The Morgan fingerprint density at radius 1 is 1.00 bits per heavy atom. The van der Waals surface area contributed by atoms with Gasteiger partial charge < -0.3 is 14.8 Å². The van der Waals surface area contributed by atoms with Gasteiger partial charge in [0.2, 0.25) is 0 Å². The number of ether oxygens (including phenoxy) is 2. The first kappa shape index (κ1) is 24.0. The van der Waals surface area contributed by atoms with Crippen LogP contribution in [0.25, 0.3) is 0 Å². The van der Waals surface area contributed by atoms with E-state index in [1.165, 1.54) is 12.0 Å². The molecule has 0 bridgehead atoms. The fourth-order valence-corrected chi connectivity index (χ4v) is 6.36. The van der Waals surface area contributed by atoms with Crippen LogP contribution in [0.2, 0.25) is 0 Å². The number of rotatable bonds is 11. The van der Waals surface area contributed by atoms with Crippen LogP contribution in [0.4, 0.5) is 0 Å². The molecule has 1 aromatic heterocycles. The molecule has 0 spiro atoms. The average molecular weight is 473 g/mol. The van der Waals surface area contributed by atoms with E-state index in [0.29, 0.717) is 30.2 Å². The maximum Gasteiger partial charge on any atom is 0.154 e. The molecule has 1 atom stereocenters. The number of sulfone groups is 1. The Morgan fingerprint density at radius 2 is 1.76 bits per heavy atom. The summed E-state index contributed by atoms with van der Waals surface area (Å²) in [6, 6.07) is 9.94. The summed E-state index contributed by atoms with van der Waals surface area (Å²) in [6.45, 7) is 1.79. The molecule has 180 valence electrons. The van der Waals surface area contributed by atoms with Crippen molar-refractivity contribution >= 4 is 9.84 Å². The van der Waals surface area contributed by atoms with Crippen LogP contribution in [0, 0.1) is 11.8 Å². The van der Waals surface area contributed by atoms with Crippen LogP contribution < -0.4 is 14.8 Å². The highest BCUT2D eigenvalue weighted by molar-refractivity contribution is 7.90. The highest BCUT2D eigenvalue weighted by atomic mass is 32.2. The summed E-state index contributed by atoms with van der Waals surface area (Å²) in [4.78, 5) is 4.37. The number of hydrogen-bond donors (Lipinski definition) is 1. The van der Waals surface area contributed by atoms with Gasteiger partial charge in [0, 0.05) is 12.2 Å². The largest absolute Gasteiger partial charge is 0.497 e. The van der Waals surface area contributed by atoms with Gasteiger partial charge in [-0.15, -0.1) is 0 Å². The molecule has 1 aliphatic heterocycles. The Morgan fingerprint density at radius 3 is 2.48 bits per heavy atom. The maximum absolute atomic E-state index is 12.6. The zero-order chi connectivity index (χ0) is 23.1. The summed E-state index contributed by atoms with van der Waals surface area (Å²) in [7, 11) is -1.52. The molecule has 1 aromatic carbocycles. The highest BCUT2D eigenvalue weighted by Crippen LogP contribution is 2.33. The van der Waals surface area contributed by atoms with Crippen molar-refractivity contribution in [3.05, 3.63) is 53.9 Å². The summed E-state index contributed by atoms with van der Waals surface area (Å²) in [5, 5.41) is 3.35. The molecular weight excluding hydrogens is 436 g/mol. The molecule has 33 heavy (non-hydrogen) atoms. The van der Waals surface area contributed by atoms with Crippen molar-refractivity contribution in [1.29, 1.82) is 0 Å². The van der Waals surface area contributed by atoms with Gasteiger partial charge in [0.05, 0.1) is 24.8 Å². The molecule has 1 N–H and O–H groups in total. The SMILES string of the molecule is COc1cccc(CS(=O)(=O)CC[C@H]2CC[C@@H](Cc3cncc(OC[C@@H]4CCN4)c3)CC2)c1. The van der Waals surface area contributed by atoms with Crippen molar-refractivity contribution in [3.63, 3.8) is 0 Å². The van der Waals surface area contributed by atoms with E-state index < -0.39 is 9.84 Å². The fraction of sp³-hybridized carbons (Fsp3) is 0.577. The van der Waals surface area contributed by atoms with Crippen LogP contribution in [0.5, 0.6) is 11.5 Å². The van der Waals surface area contributed by atoms with E-state index in [1.54, 1.807) is 13.3 Å². The monoisotopic (exact) mass is 472 g/mol. The van der Waals surface area contributed by atoms with E-state index in [1.807, 2.05) is 30.5 Å². The van der Waals surface area contributed by atoms with Gasteiger partial charge in [0.25, 0.3) is 0 Å². The van der Waals surface area contributed by atoms with Crippen LogP contribution in [-0.2, 0) is 22.0 Å². The summed E-state index contributed by atoms with van der Waals surface area (Å²) in [5.74, 6) is 3.05. The lowest BCUT2D eigenvalue weighted by atomic mass is 9.78. The predicted octanol–water partition coefficient (Wildman–Crippen LogP) is 4.18. The van der Waals surface area contributed by atoms with Gasteiger partial charge in [-0.25, -0.2) is 8.42 Å². The average Bonchev–Trinajstić information content (AvgIpc) is 2.78. The Bertz CT molecular complexity index is 999. The van der Waals surface area contributed by atoms with Gasteiger partial charge in [-0.1, -0.05) is 25.0 Å². The van der Waals surface area contributed by atoms with E-state index >= 15 is 0 Å². The van der Waals surface area contributed by atoms with Crippen molar-refractivity contribution in [3.8, 4) is 11.5 Å². The second-order valence-corrected chi connectivity index (χ2v) is 11.8. The lowest BCUT2D eigenvalue weighted by Gasteiger charge is -2.29. The Hall–Kier alpha value is -2.12. The first-order valence-electron chi connectivity index (χ1n) is 12.1. The molecule has 0 amide bonds. The molecule has 6 nitrogen and oxygen atoms in total. The fourth-order valence-electron chi connectivity index (χ4n) is 4.83. The molecule has 4 rings (SSSR count). The second-order valence-electron chi connectivity index (χ2n) is 9.60. The first-order chi connectivity index (χ1) is 16.0. The normalized spacial score (nSPS) is 23.0. The Labute approximate surface area is 198 Å². The number of nitrogens with one attached hydrogen (secondary N) is 1. The van der Waals surface area contributed by atoms with E-state index in [-0.39, 0.29) is 11.5 Å². The summed E-state index contributed by atoms with van der Waals surface area (Å²) < 4.78 is 36.4. The smallest absolute Gasteiger partial charge is 0.154 e. The van der Waals surface area contributed by atoms with Gasteiger partial charge in [-0.05, 0) is 79.8 Å². The van der Waals surface area contributed by atoms with Gasteiger partial charge in [0.1, 0.15) is 18.1 Å². The summed E-state index contributed by atoms with van der Waals surface area (Å²) in [5.41, 5.74) is 2.03. The molecule has 2 aliphatic rings. The minimum atomic E-state index is -3.12. The van der Waals surface area contributed by atoms with Gasteiger partial charge in [0.15, 0.2) is 9.84 Å². The molecule has 7 heteroatoms. The second kappa shape index (κ2) is 11.3. The van der Waals surface area contributed by atoms with Crippen molar-refractivity contribution in [1.82, 2.24) is 10.3 Å². The van der Waals surface area contributed by atoms with E-state index in [2.05, 4.69) is 16.4 Å². The molecule has 1 aliphatic carbocycles. The summed E-state index contributed by atoms with van der Waals surface area (Å²) in [6.07, 6.45) is 11.2. The highest BCUT2D eigenvalue weighted by Gasteiger charge is 2.24.